The van der Waals surface area contributed by atoms with Crippen LogP contribution in [-0.4, -0.2) is 18.6 Å². The third kappa shape index (κ3) is 3.95. The summed E-state index contributed by atoms with van der Waals surface area (Å²) < 4.78 is 5.29. The average Bonchev–Trinajstić information content (AvgIpc) is 2.39. The van der Waals surface area contributed by atoms with Gasteiger partial charge in [-0.2, -0.15) is 0 Å². The summed E-state index contributed by atoms with van der Waals surface area (Å²) in [5, 5.41) is 0. The van der Waals surface area contributed by atoms with Crippen molar-refractivity contribution in [3.05, 3.63) is 35.9 Å². The summed E-state index contributed by atoms with van der Waals surface area (Å²) in [4.78, 5) is 11.1. The van der Waals surface area contributed by atoms with Gasteiger partial charge in [0.25, 0.3) is 0 Å². The number of benzene rings is 1. The summed E-state index contributed by atoms with van der Waals surface area (Å²) in [6.07, 6.45) is 3.98. The van der Waals surface area contributed by atoms with Crippen LogP contribution in [0.1, 0.15) is 38.2 Å². The number of carbonyl (C=O) groups is 1. The van der Waals surface area contributed by atoms with Gasteiger partial charge in [0, 0.05) is 18.4 Å². The molecule has 1 fully saturated rings. The SMILES string of the molecule is CC(=O)OC[C@]1(c2ccccc2)CC[C@@H](N)CC1.Cl. The van der Waals surface area contributed by atoms with E-state index in [1.165, 1.54) is 12.5 Å². The van der Waals surface area contributed by atoms with Gasteiger partial charge in [-0.25, -0.2) is 0 Å². The Bertz CT molecular complexity index is 400. The first-order valence-corrected chi connectivity index (χ1v) is 6.57. The highest BCUT2D eigenvalue weighted by molar-refractivity contribution is 5.85. The molecule has 2 rings (SSSR count). The van der Waals surface area contributed by atoms with E-state index in [2.05, 4.69) is 12.1 Å². The van der Waals surface area contributed by atoms with Crippen molar-refractivity contribution in [3.63, 3.8) is 0 Å². The first-order chi connectivity index (χ1) is 8.62. The second-order valence-corrected chi connectivity index (χ2v) is 5.26. The van der Waals surface area contributed by atoms with E-state index in [4.69, 9.17) is 10.5 Å². The van der Waals surface area contributed by atoms with Crippen LogP contribution in [0.15, 0.2) is 30.3 Å². The molecule has 1 aliphatic carbocycles. The molecule has 4 heteroatoms. The fourth-order valence-corrected chi connectivity index (χ4v) is 2.74. The number of rotatable bonds is 3. The summed E-state index contributed by atoms with van der Waals surface area (Å²) in [5.74, 6) is -0.208. The van der Waals surface area contributed by atoms with E-state index in [0.29, 0.717) is 12.6 Å². The molecule has 0 aromatic heterocycles. The number of ether oxygens (including phenoxy) is 1. The van der Waals surface area contributed by atoms with Gasteiger partial charge in [-0.15, -0.1) is 12.4 Å². The fourth-order valence-electron chi connectivity index (χ4n) is 2.74. The van der Waals surface area contributed by atoms with Gasteiger partial charge in [0.2, 0.25) is 0 Å². The normalized spacial score (nSPS) is 26.3. The number of carbonyl (C=O) groups excluding carboxylic acids is 1. The van der Waals surface area contributed by atoms with E-state index in [1.54, 1.807) is 0 Å². The highest BCUT2D eigenvalue weighted by Gasteiger charge is 2.37. The molecule has 0 atom stereocenters. The van der Waals surface area contributed by atoms with Gasteiger partial charge < -0.3 is 10.5 Å². The van der Waals surface area contributed by atoms with E-state index in [1.807, 2.05) is 18.2 Å². The van der Waals surface area contributed by atoms with Crippen molar-refractivity contribution in [2.45, 2.75) is 44.1 Å². The average molecular weight is 284 g/mol. The minimum Gasteiger partial charge on any atom is -0.465 e. The standard InChI is InChI=1S/C15H21NO2.ClH/c1-12(17)18-11-15(9-7-14(16)8-10-15)13-5-3-2-4-6-13;/h2-6,14H,7-11,16H2,1H3;1H/t14-,15+;. The zero-order valence-electron chi connectivity index (χ0n) is 11.3. The maximum absolute atomic E-state index is 11.1. The predicted molar refractivity (Wildman–Crippen MR) is 78.4 cm³/mol. The molecule has 106 valence electrons. The second-order valence-electron chi connectivity index (χ2n) is 5.26. The summed E-state index contributed by atoms with van der Waals surface area (Å²) in [5.41, 5.74) is 7.21. The lowest BCUT2D eigenvalue weighted by molar-refractivity contribution is -0.143. The van der Waals surface area contributed by atoms with Crippen molar-refractivity contribution in [3.8, 4) is 0 Å². The van der Waals surface area contributed by atoms with Crippen LogP contribution in [0.4, 0.5) is 0 Å². The Balaban J connectivity index is 0.00000180. The van der Waals surface area contributed by atoms with E-state index in [9.17, 15) is 4.79 Å². The first kappa shape index (κ1) is 16.0. The Morgan fingerprint density at radius 3 is 2.42 bits per heavy atom. The lowest BCUT2D eigenvalue weighted by atomic mass is 9.69. The zero-order valence-corrected chi connectivity index (χ0v) is 12.1. The van der Waals surface area contributed by atoms with Crippen molar-refractivity contribution in [1.29, 1.82) is 0 Å². The Morgan fingerprint density at radius 1 is 1.32 bits per heavy atom. The van der Waals surface area contributed by atoms with Gasteiger partial charge in [-0.3, -0.25) is 4.79 Å². The van der Waals surface area contributed by atoms with Gasteiger partial charge in [0.1, 0.15) is 6.61 Å². The lowest BCUT2D eigenvalue weighted by Gasteiger charge is -2.39. The van der Waals surface area contributed by atoms with Crippen LogP contribution >= 0.6 is 12.4 Å². The number of esters is 1. The quantitative estimate of drug-likeness (QED) is 0.868. The molecule has 19 heavy (non-hydrogen) atoms. The number of nitrogens with two attached hydrogens (primary N) is 1. The topological polar surface area (TPSA) is 52.3 Å². The molecule has 1 saturated carbocycles. The molecule has 0 unspecified atom stereocenters. The van der Waals surface area contributed by atoms with E-state index in [0.717, 1.165) is 25.7 Å². The van der Waals surface area contributed by atoms with Crippen molar-refractivity contribution in [1.82, 2.24) is 0 Å². The van der Waals surface area contributed by atoms with Crippen molar-refractivity contribution in [2.75, 3.05) is 6.61 Å². The maximum atomic E-state index is 11.1. The molecule has 0 radical (unpaired) electrons. The van der Waals surface area contributed by atoms with E-state index in [-0.39, 0.29) is 23.8 Å². The van der Waals surface area contributed by atoms with Crippen LogP contribution < -0.4 is 5.73 Å². The Morgan fingerprint density at radius 2 is 1.89 bits per heavy atom. The molecule has 1 aliphatic rings. The van der Waals surface area contributed by atoms with Gasteiger partial charge >= 0.3 is 5.97 Å². The van der Waals surface area contributed by atoms with Crippen molar-refractivity contribution < 1.29 is 9.53 Å². The van der Waals surface area contributed by atoms with Crippen LogP contribution in [0.25, 0.3) is 0 Å². The minimum absolute atomic E-state index is 0. The second kappa shape index (κ2) is 6.92. The van der Waals surface area contributed by atoms with Crippen LogP contribution in [0.5, 0.6) is 0 Å². The molecular formula is C15H22ClNO2. The van der Waals surface area contributed by atoms with Crippen LogP contribution in [0.3, 0.4) is 0 Å². The van der Waals surface area contributed by atoms with E-state index < -0.39 is 0 Å². The number of hydrogen-bond acceptors (Lipinski definition) is 3. The Kier molecular flexibility index (Phi) is 5.83. The number of hydrogen-bond donors (Lipinski definition) is 1. The lowest BCUT2D eigenvalue weighted by Crippen LogP contribution is -2.40. The number of halogens is 1. The molecular weight excluding hydrogens is 262 g/mol. The van der Waals surface area contributed by atoms with Gasteiger partial charge in [0.15, 0.2) is 0 Å². The summed E-state index contributed by atoms with van der Waals surface area (Å²) >= 11 is 0. The van der Waals surface area contributed by atoms with Gasteiger partial charge in [0.05, 0.1) is 0 Å². The molecule has 0 spiro atoms. The largest absolute Gasteiger partial charge is 0.465 e. The molecule has 0 bridgehead atoms. The monoisotopic (exact) mass is 283 g/mol. The smallest absolute Gasteiger partial charge is 0.302 e. The summed E-state index contributed by atoms with van der Waals surface area (Å²) in [7, 11) is 0. The Hall–Kier alpha value is -1.06. The van der Waals surface area contributed by atoms with Crippen molar-refractivity contribution >= 4 is 18.4 Å². The fraction of sp³-hybridized carbons (Fsp3) is 0.533. The van der Waals surface area contributed by atoms with Crippen LogP contribution in [0.2, 0.25) is 0 Å². The predicted octanol–water partition coefficient (Wildman–Crippen LogP) is 2.81. The summed E-state index contributed by atoms with van der Waals surface area (Å²) in [6.45, 7) is 1.94. The molecule has 1 aromatic carbocycles. The third-order valence-electron chi connectivity index (χ3n) is 3.93. The molecule has 3 nitrogen and oxygen atoms in total. The molecule has 0 amide bonds. The molecule has 2 N–H and O–H groups in total. The third-order valence-corrected chi connectivity index (χ3v) is 3.93. The molecule has 0 heterocycles. The zero-order chi connectivity index (χ0) is 13.0. The molecule has 0 aliphatic heterocycles. The highest BCUT2D eigenvalue weighted by atomic mass is 35.5. The van der Waals surface area contributed by atoms with Crippen LogP contribution in [0, 0.1) is 0 Å². The summed E-state index contributed by atoms with van der Waals surface area (Å²) in [6, 6.07) is 10.6. The maximum Gasteiger partial charge on any atom is 0.302 e. The van der Waals surface area contributed by atoms with E-state index >= 15 is 0 Å². The minimum atomic E-state index is -0.208. The van der Waals surface area contributed by atoms with Gasteiger partial charge in [-0.1, -0.05) is 30.3 Å². The Labute approximate surface area is 120 Å². The first-order valence-electron chi connectivity index (χ1n) is 6.57. The van der Waals surface area contributed by atoms with Crippen LogP contribution in [-0.2, 0) is 14.9 Å². The highest BCUT2D eigenvalue weighted by Crippen LogP contribution is 2.39. The molecule has 1 aromatic rings. The van der Waals surface area contributed by atoms with Crippen molar-refractivity contribution in [2.24, 2.45) is 5.73 Å². The van der Waals surface area contributed by atoms with Gasteiger partial charge in [-0.05, 0) is 31.2 Å². The molecule has 0 saturated heterocycles.